The van der Waals surface area contributed by atoms with Gasteiger partial charge in [-0.05, 0) is 38.0 Å². The summed E-state index contributed by atoms with van der Waals surface area (Å²) in [6, 6.07) is 7.23. The number of benzene rings is 1. The summed E-state index contributed by atoms with van der Waals surface area (Å²) in [4.78, 5) is 22.6. The Kier molecular flexibility index (Phi) is 3.70. The third-order valence-electron chi connectivity index (χ3n) is 3.30. The van der Waals surface area contributed by atoms with Crippen LogP contribution in [-0.4, -0.2) is 20.9 Å². The number of aryl methyl sites for hydroxylation is 2. The maximum absolute atomic E-state index is 11.8. The first-order valence-corrected chi connectivity index (χ1v) is 6.28. The van der Waals surface area contributed by atoms with E-state index >= 15 is 0 Å². The molecule has 0 aliphatic carbocycles. The van der Waals surface area contributed by atoms with Gasteiger partial charge in [0, 0.05) is 11.8 Å². The van der Waals surface area contributed by atoms with Crippen molar-refractivity contribution in [1.82, 2.24) is 9.78 Å². The molecule has 0 unspecified atom stereocenters. The Bertz CT molecular complexity index is 732. The molecule has 1 N–H and O–H groups in total. The monoisotopic (exact) mass is 272 g/mol. The van der Waals surface area contributed by atoms with Crippen molar-refractivity contribution < 1.29 is 9.90 Å². The summed E-state index contributed by atoms with van der Waals surface area (Å²) < 4.78 is 1.63. The summed E-state index contributed by atoms with van der Waals surface area (Å²) in [7, 11) is 0. The van der Waals surface area contributed by atoms with Crippen LogP contribution in [-0.2, 0) is 11.2 Å². The molecule has 0 aliphatic rings. The Morgan fingerprint density at radius 2 is 2.00 bits per heavy atom. The van der Waals surface area contributed by atoms with Crippen LogP contribution in [0.3, 0.4) is 0 Å². The van der Waals surface area contributed by atoms with E-state index in [-0.39, 0.29) is 17.5 Å². The molecule has 0 saturated heterocycles. The fourth-order valence-corrected chi connectivity index (χ4v) is 2.06. The topological polar surface area (TPSA) is 72.2 Å². The first-order chi connectivity index (χ1) is 9.40. The van der Waals surface area contributed by atoms with Crippen LogP contribution in [0.1, 0.15) is 22.5 Å². The Balaban J connectivity index is 2.65. The standard InChI is InChI=1S/C15H16N2O3/c1-9-5-4-6-13(11(9)3)17-10(2)7-14(18)12(16-17)8-15(19)20/h4-7H,8H2,1-3H3,(H,19,20). The lowest BCUT2D eigenvalue weighted by atomic mass is 10.1. The molecule has 0 fully saturated rings. The minimum atomic E-state index is -1.06. The van der Waals surface area contributed by atoms with Crippen molar-refractivity contribution in [3.63, 3.8) is 0 Å². The molecule has 0 radical (unpaired) electrons. The molecule has 0 aliphatic heterocycles. The highest BCUT2D eigenvalue weighted by atomic mass is 16.4. The van der Waals surface area contributed by atoms with Crippen LogP contribution in [0, 0.1) is 20.8 Å². The van der Waals surface area contributed by atoms with Crippen LogP contribution in [0.25, 0.3) is 5.69 Å². The number of aromatic nitrogens is 2. The Labute approximate surface area is 116 Å². The molecule has 1 aromatic carbocycles. The van der Waals surface area contributed by atoms with Crippen LogP contribution in [0.15, 0.2) is 29.1 Å². The van der Waals surface area contributed by atoms with E-state index < -0.39 is 5.97 Å². The molecule has 0 spiro atoms. The molecule has 5 heteroatoms. The molecule has 2 aromatic rings. The van der Waals surface area contributed by atoms with Gasteiger partial charge in [0.1, 0.15) is 5.69 Å². The average Bonchev–Trinajstić information content (AvgIpc) is 2.36. The molecule has 0 amide bonds. The second kappa shape index (κ2) is 5.28. The summed E-state index contributed by atoms with van der Waals surface area (Å²) >= 11 is 0. The van der Waals surface area contributed by atoms with Crippen LogP contribution in [0.4, 0.5) is 0 Å². The van der Waals surface area contributed by atoms with Gasteiger partial charge in [0.2, 0.25) is 5.43 Å². The fourth-order valence-electron chi connectivity index (χ4n) is 2.06. The Morgan fingerprint density at radius 1 is 1.30 bits per heavy atom. The molecule has 1 heterocycles. The summed E-state index contributed by atoms with van der Waals surface area (Å²) in [6.07, 6.45) is -0.371. The molecule has 1 aromatic heterocycles. The number of nitrogens with zero attached hydrogens (tertiary/aromatic N) is 2. The second-order valence-electron chi connectivity index (χ2n) is 4.80. The molecule has 104 valence electrons. The van der Waals surface area contributed by atoms with Crippen LogP contribution < -0.4 is 5.43 Å². The van der Waals surface area contributed by atoms with Crippen molar-refractivity contribution >= 4 is 5.97 Å². The zero-order valence-corrected chi connectivity index (χ0v) is 11.7. The van der Waals surface area contributed by atoms with Gasteiger partial charge in [-0.2, -0.15) is 5.10 Å². The number of carboxylic acid groups (broad SMARTS) is 1. The lowest BCUT2D eigenvalue weighted by molar-refractivity contribution is -0.136. The van der Waals surface area contributed by atoms with Gasteiger partial charge in [0.15, 0.2) is 0 Å². The van der Waals surface area contributed by atoms with Crippen molar-refractivity contribution in [2.75, 3.05) is 0 Å². The number of hydrogen-bond acceptors (Lipinski definition) is 3. The molecule has 20 heavy (non-hydrogen) atoms. The second-order valence-corrected chi connectivity index (χ2v) is 4.80. The number of aliphatic carboxylic acids is 1. The number of rotatable bonds is 3. The molecular formula is C15H16N2O3. The van der Waals surface area contributed by atoms with Gasteiger partial charge in [0.05, 0.1) is 12.1 Å². The van der Waals surface area contributed by atoms with Crippen molar-refractivity contribution in [2.24, 2.45) is 0 Å². The zero-order chi connectivity index (χ0) is 14.9. The van der Waals surface area contributed by atoms with E-state index in [9.17, 15) is 9.59 Å². The molecular weight excluding hydrogens is 256 g/mol. The molecule has 5 nitrogen and oxygen atoms in total. The summed E-state index contributed by atoms with van der Waals surface area (Å²) in [5, 5.41) is 13.0. The van der Waals surface area contributed by atoms with Crippen molar-refractivity contribution in [1.29, 1.82) is 0 Å². The molecule has 2 rings (SSSR count). The van der Waals surface area contributed by atoms with Gasteiger partial charge in [-0.3, -0.25) is 9.59 Å². The lowest BCUT2D eigenvalue weighted by Gasteiger charge is -2.14. The SMILES string of the molecule is Cc1cccc(-n2nc(CC(=O)O)c(=O)cc2C)c1C. The predicted molar refractivity (Wildman–Crippen MR) is 75.4 cm³/mol. The van der Waals surface area contributed by atoms with Crippen molar-refractivity contribution in [3.05, 3.63) is 57.0 Å². The summed E-state index contributed by atoms with van der Waals surface area (Å²) in [5.74, 6) is -1.06. The normalized spacial score (nSPS) is 10.6. The number of hydrogen-bond donors (Lipinski definition) is 1. The van der Waals surface area contributed by atoms with Crippen molar-refractivity contribution in [3.8, 4) is 5.69 Å². The Morgan fingerprint density at radius 3 is 2.65 bits per heavy atom. The van der Waals surface area contributed by atoms with Gasteiger partial charge >= 0.3 is 5.97 Å². The third kappa shape index (κ3) is 2.61. The average molecular weight is 272 g/mol. The summed E-state index contributed by atoms with van der Waals surface area (Å²) in [6.45, 7) is 5.75. The van der Waals surface area contributed by atoms with Gasteiger partial charge < -0.3 is 5.11 Å². The Hall–Kier alpha value is -2.43. The highest BCUT2D eigenvalue weighted by Crippen LogP contribution is 2.17. The first-order valence-electron chi connectivity index (χ1n) is 6.28. The van der Waals surface area contributed by atoms with E-state index in [1.54, 1.807) is 11.6 Å². The summed E-state index contributed by atoms with van der Waals surface area (Å²) in [5.41, 5.74) is 3.40. The smallest absolute Gasteiger partial charge is 0.309 e. The highest BCUT2D eigenvalue weighted by Gasteiger charge is 2.12. The van der Waals surface area contributed by atoms with Gasteiger partial charge in [-0.15, -0.1) is 0 Å². The van der Waals surface area contributed by atoms with Crippen LogP contribution >= 0.6 is 0 Å². The third-order valence-corrected chi connectivity index (χ3v) is 3.30. The van der Waals surface area contributed by atoms with E-state index in [0.717, 1.165) is 16.8 Å². The van der Waals surface area contributed by atoms with E-state index in [0.29, 0.717) is 5.69 Å². The van der Waals surface area contributed by atoms with Crippen LogP contribution in [0.2, 0.25) is 0 Å². The van der Waals surface area contributed by atoms with Gasteiger partial charge in [-0.1, -0.05) is 12.1 Å². The molecule has 0 saturated carbocycles. The maximum Gasteiger partial charge on any atom is 0.309 e. The number of carboxylic acids is 1. The van der Waals surface area contributed by atoms with E-state index in [2.05, 4.69) is 5.10 Å². The van der Waals surface area contributed by atoms with E-state index in [4.69, 9.17) is 5.11 Å². The number of carbonyl (C=O) groups is 1. The zero-order valence-electron chi connectivity index (χ0n) is 11.7. The van der Waals surface area contributed by atoms with Gasteiger partial charge in [-0.25, -0.2) is 4.68 Å². The van der Waals surface area contributed by atoms with Crippen molar-refractivity contribution in [2.45, 2.75) is 27.2 Å². The highest BCUT2D eigenvalue weighted by molar-refractivity contribution is 5.69. The molecule has 0 bridgehead atoms. The van der Waals surface area contributed by atoms with E-state index in [1.807, 2.05) is 32.0 Å². The minimum Gasteiger partial charge on any atom is -0.481 e. The van der Waals surface area contributed by atoms with E-state index in [1.165, 1.54) is 6.07 Å². The largest absolute Gasteiger partial charge is 0.481 e. The fraction of sp³-hybridized carbons (Fsp3) is 0.267. The maximum atomic E-state index is 11.8. The quantitative estimate of drug-likeness (QED) is 0.924. The first kappa shape index (κ1) is 14.0. The minimum absolute atomic E-state index is 0.0454. The van der Waals surface area contributed by atoms with Gasteiger partial charge in [0.25, 0.3) is 0 Å². The predicted octanol–water partition coefficient (Wildman–Crippen LogP) is 1.78. The lowest BCUT2D eigenvalue weighted by Crippen LogP contribution is -2.21. The molecule has 0 atom stereocenters. The van der Waals surface area contributed by atoms with Crippen LogP contribution in [0.5, 0.6) is 0 Å².